The van der Waals surface area contributed by atoms with Crippen LogP contribution in [0.25, 0.3) is 0 Å². The Morgan fingerprint density at radius 1 is 1.17 bits per heavy atom. The molecule has 124 valence electrons. The molecule has 0 unspecified atom stereocenters. The Morgan fingerprint density at radius 3 is 2.61 bits per heavy atom. The monoisotopic (exact) mass is 321 g/mol. The van der Waals surface area contributed by atoms with Gasteiger partial charge < -0.3 is 23.8 Å². The van der Waals surface area contributed by atoms with Gasteiger partial charge in [-0.2, -0.15) is 0 Å². The molecule has 2 atom stereocenters. The minimum atomic E-state index is -0.564. The summed E-state index contributed by atoms with van der Waals surface area (Å²) in [5.74, 6) is 0.308. The van der Waals surface area contributed by atoms with Crippen LogP contribution in [0.5, 0.6) is 11.5 Å². The SMILES string of the molecule is C[C@@H]1CN(C(=O)COC(=O)c2ccc3c(c2)OCO3)C[C@H](C)O1. The fraction of sp³-hybridized carbons (Fsp3) is 0.500. The number of hydrogen-bond donors (Lipinski definition) is 0. The summed E-state index contributed by atoms with van der Waals surface area (Å²) in [5.41, 5.74) is 0.325. The third-order valence-corrected chi connectivity index (χ3v) is 3.71. The number of benzene rings is 1. The molecule has 0 bridgehead atoms. The minimum absolute atomic E-state index is 0.0211. The van der Waals surface area contributed by atoms with Crippen molar-refractivity contribution in [2.24, 2.45) is 0 Å². The highest BCUT2D eigenvalue weighted by molar-refractivity contribution is 5.92. The quantitative estimate of drug-likeness (QED) is 0.779. The van der Waals surface area contributed by atoms with Crippen LogP contribution in [0.4, 0.5) is 0 Å². The van der Waals surface area contributed by atoms with Crippen LogP contribution in [0.2, 0.25) is 0 Å². The Labute approximate surface area is 134 Å². The largest absolute Gasteiger partial charge is 0.454 e. The van der Waals surface area contributed by atoms with Gasteiger partial charge in [0.2, 0.25) is 6.79 Å². The lowest BCUT2D eigenvalue weighted by molar-refractivity contribution is -0.146. The fourth-order valence-electron chi connectivity index (χ4n) is 2.71. The molecule has 1 saturated heterocycles. The molecule has 2 aliphatic rings. The van der Waals surface area contributed by atoms with Crippen LogP contribution >= 0.6 is 0 Å². The number of hydrogen-bond acceptors (Lipinski definition) is 6. The van der Waals surface area contributed by atoms with Gasteiger partial charge in [-0.3, -0.25) is 4.79 Å². The van der Waals surface area contributed by atoms with Gasteiger partial charge in [-0.1, -0.05) is 0 Å². The van der Waals surface area contributed by atoms with Crippen LogP contribution in [-0.4, -0.2) is 55.5 Å². The van der Waals surface area contributed by atoms with Gasteiger partial charge in [0, 0.05) is 13.1 Å². The van der Waals surface area contributed by atoms with Crippen molar-refractivity contribution in [3.63, 3.8) is 0 Å². The molecule has 0 N–H and O–H groups in total. The van der Waals surface area contributed by atoms with Crippen LogP contribution in [0, 0.1) is 0 Å². The average molecular weight is 321 g/mol. The molecule has 1 aromatic carbocycles. The molecule has 0 aromatic heterocycles. The predicted molar refractivity (Wildman–Crippen MR) is 79.4 cm³/mol. The molecule has 3 rings (SSSR count). The van der Waals surface area contributed by atoms with Crippen LogP contribution in [-0.2, 0) is 14.3 Å². The second-order valence-electron chi connectivity index (χ2n) is 5.70. The minimum Gasteiger partial charge on any atom is -0.454 e. The van der Waals surface area contributed by atoms with Gasteiger partial charge in [0.05, 0.1) is 17.8 Å². The average Bonchev–Trinajstić information content (AvgIpc) is 2.98. The standard InChI is InChI=1S/C16H19NO6/c1-10-6-17(7-11(2)23-10)15(18)8-20-16(19)12-3-4-13-14(5-12)22-9-21-13/h3-5,10-11H,6-9H2,1-2H3/t10-,11+. The number of fused-ring (bicyclic) bond motifs is 1. The number of nitrogens with zero attached hydrogens (tertiary/aromatic N) is 1. The summed E-state index contributed by atoms with van der Waals surface area (Å²) in [6.07, 6.45) is -0.0421. The number of amides is 1. The van der Waals surface area contributed by atoms with Crippen LogP contribution in [0.1, 0.15) is 24.2 Å². The Hall–Kier alpha value is -2.28. The molecular weight excluding hydrogens is 302 g/mol. The summed E-state index contributed by atoms with van der Waals surface area (Å²) in [5, 5.41) is 0. The summed E-state index contributed by atoms with van der Waals surface area (Å²) in [6, 6.07) is 4.78. The molecular formula is C16H19NO6. The molecule has 0 radical (unpaired) electrons. The molecule has 23 heavy (non-hydrogen) atoms. The number of esters is 1. The van der Waals surface area contributed by atoms with Crippen molar-refractivity contribution in [3.8, 4) is 11.5 Å². The summed E-state index contributed by atoms with van der Waals surface area (Å²) in [4.78, 5) is 25.9. The summed E-state index contributed by atoms with van der Waals surface area (Å²) >= 11 is 0. The first-order valence-corrected chi connectivity index (χ1v) is 7.53. The van der Waals surface area contributed by atoms with E-state index >= 15 is 0 Å². The third kappa shape index (κ3) is 3.56. The highest BCUT2D eigenvalue weighted by Crippen LogP contribution is 2.32. The third-order valence-electron chi connectivity index (χ3n) is 3.71. The molecule has 7 nitrogen and oxygen atoms in total. The maximum absolute atomic E-state index is 12.2. The number of carbonyl (C=O) groups is 2. The lowest BCUT2D eigenvalue weighted by atomic mass is 10.2. The van der Waals surface area contributed by atoms with E-state index in [2.05, 4.69) is 0 Å². The van der Waals surface area contributed by atoms with E-state index in [1.165, 1.54) is 0 Å². The van der Waals surface area contributed by atoms with Crippen molar-refractivity contribution in [1.82, 2.24) is 4.90 Å². The maximum Gasteiger partial charge on any atom is 0.338 e. The molecule has 1 fully saturated rings. The Morgan fingerprint density at radius 2 is 1.87 bits per heavy atom. The molecule has 1 aromatic rings. The van der Waals surface area contributed by atoms with Crippen molar-refractivity contribution in [2.75, 3.05) is 26.5 Å². The first kappa shape index (κ1) is 15.6. The van der Waals surface area contributed by atoms with E-state index < -0.39 is 5.97 Å². The molecule has 2 heterocycles. The smallest absolute Gasteiger partial charge is 0.338 e. The Bertz CT molecular complexity index is 607. The second-order valence-corrected chi connectivity index (χ2v) is 5.70. The zero-order valence-electron chi connectivity index (χ0n) is 13.1. The van der Waals surface area contributed by atoms with Crippen molar-refractivity contribution >= 4 is 11.9 Å². The van der Waals surface area contributed by atoms with Gasteiger partial charge in [-0.15, -0.1) is 0 Å². The predicted octanol–water partition coefficient (Wildman–Crippen LogP) is 1.21. The molecule has 1 amide bonds. The van der Waals surface area contributed by atoms with Gasteiger partial charge in [-0.05, 0) is 32.0 Å². The van der Waals surface area contributed by atoms with E-state index in [0.29, 0.717) is 30.2 Å². The van der Waals surface area contributed by atoms with Gasteiger partial charge in [0.1, 0.15) is 0 Å². The normalized spacial score (nSPS) is 22.8. The van der Waals surface area contributed by atoms with Gasteiger partial charge >= 0.3 is 5.97 Å². The second kappa shape index (κ2) is 6.45. The molecule has 0 saturated carbocycles. The van der Waals surface area contributed by atoms with E-state index in [9.17, 15) is 9.59 Å². The van der Waals surface area contributed by atoms with Gasteiger partial charge in [-0.25, -0.2) is 4.79 Å². The Kier molecular flexibility index (Phi) is 4.38. The van der Waals surface area contributed by atoms with E-state index in [1.807, 2.05) is 13.8 Å². The highest BCUT2D eigenvalue weighted by Gasteiger charge is 2.26. The van der Waals surface area contributed by atoms with Crippen molar-refractivity contribution in [3.05, 3.63) is 23.8 Å². The summed E-state index contributed by atoms with van der Waals surface area (Å²) < 4.78 is 21.1. The topological polar surface area (TPSA) is 74.3 Å². The number of rotatable bonds is 3. The molecule has 0 spiro atoms. The zero-order chi connectivity index (χ0) is 16.4. The maximum atomic E-state index is 12.2. The van der Waals surface area contributed by atoms with Crippen molar-refractivity contribution < 1.29 is 28.5 Å². The molecule has 7 heteroatoms. The summed E-state index contributed by atoms with van der Waals surface area (Å²) in [7, 11) is 0. The van der Waals surface area contributed by atoms with E-state index in [0.717, 1.165) is 0 Å². The van der Waals surface area contributed by atoms with E-state index in [1.54, 1.807) is 23.1 Å². The summed E-state index contributed by atoms with van der Waals surface area (Å²) in [6.45, 7) is 4.69. The number of ether oxygens (including phenoxy) is 4. The number of morpholine rings is 1. The highest BCUT2D eigenvalue weighted by atomic mass is 16.7. The number of carbonyl (C=O) groups excluding carboxylic acids is 2. The van der Waals surface area contributed by atoms with E-state index in [-0.39, 0.29) is 31.5 Å². The first-order chi connectivity index (χ1) is 11.0. The Balaban J connectivity index is 1.55. The van der Waals surface area contributed by atoms with Gasteiger partial charge in [0.15, 0.2) is 18.1 Å². The first-order valence-electron chi connectivity index (χ1n) is 7.53. The van der Waals surface area contributed by atoms with Gasteiger partial charge in [0.25, 0.3) is 5.91 Å². The lowest BCUT2D eigenvalue weighted by Gasteiger charge is -2.35. The fourth-order valence-corrected chi connectivity index (χ4v) is 2.71. The van der Waals surface area contributed by atoms with Crippen LogP contribution in [0.3, 0.4) is 0 Å². The van der Waals surface area contributed by atoms with Crippen molar-refractivity contribution in [2.45, 2.75) is 26.1 Å². The lowest BCUT2D eigenvalue weighted by Crippen LogP contribution is -2.49. The van der Waals surface area contributed by atoms with Crippen molar-refractivity contribution in [1.29, 1.82) is 0 Å². The van der Waals surface area contributed by atoms with Crippen LogP contribution < -0.4 is 9.47 Å². The zero-order valence-corrected chi connectivity index (χ0v) is 13.1. The molecule has 2 aliphatic heterocycles. The molecule has 0 aliphatic carbocycles. The van der Waals surface area contributed by atoms with E-state index in [4.69, 9.17) is 18.9 Å². The van der Waals surface area contributed by atoms with Crippen LogP contribution in [0.15, 0.2) is 18.2 Å².